The molecule has 3 rings (SSSR count). The average molecular weight is 329 g/mol. The molecule has 0 unspecified atom stereocenters. The first-order valence-electron chi connectivity index (χ1n) is 7.04. The minimum absolute atomic E-state index is 0.0876. The number of aliphatic hydroxyl groups is 1. The molecule has 0 saturated heterocycles. The van der Waals surface area contributed by atoms with Gasteiger partial charge in [0.1, 0.15) is 23.1 Å². The van der Waals surface area contributed by atoms with E-state index in [-0.39, 0.29) is 29.5 Å². The van der Waals surface area contributed by atoms with E-state index in [0.29, 0.717) is 11.3 Å². The van der Waals surface area contributed by atoms with E-state index in [1.165, 1.54) is 35.1 Å². The van der Waals surface area contributed by atoms with Crippen LogP contribution in [0.15, 0.2) is 41.5 Å². The van der Waals surface area contributed by atoms with Gasteiger partial charge in [-0.3, -0.25) is 9.59 Å². The first-order valence-corrected chi connectivity index (χ1v) is 7.04. The van der Waals surface area contributed by atoms with Crippen LogP contribution >= 0.6 is 0 Å². The van der Waals surface area contributed by atoms with Gasteiger partial charge in [0, 0.05) is 18.1 Å². The van der Waals surface area contributed by atoms with E-state index in [2.05, 4.69) is 10.1 Å². The van der Waals surface area contributed by atoms with Crippen LogP contribution < -0.4 is 10.6 Å². The fourth-order valence-corrected chi connectivity index (χ4v) is 2.43. The molecule has 0 radical (unpaired) electrons. The van der Waals surface area contributed by atoms with Crippen LogP contribution in [0.1, 0.15) is 12.8 Å². The van der Waals surface area contributed by atoms with Crippen molar-refractivity contribution in [3.8, 4) is 11.3 Å². The van der Waals surface area contributed by atoms with E-state index in [0.717, 1.165) is 0 Å². The molecule has 24 heavy (non-hydrogen) atoms. The number of hydrogen-bond donors (Lipinski definition) is 2. The maximum atomic E-state index is 13.4. The van der Waals surface area contributed by atoms with Gasteiger partial charge in [0.2, 0.25) is 0 Å². The molecular weight excluding hydrogens is 317 g/mol. The minimum Gasteiger partial charge on any atom is -0.511 e. The fourth-order valence-electron chi connectivity index (χ4n) is 2.43. The van der Waals surface area contributed by atoms with Gasteiger partial charge in [0.05, 0.1) is 12.1 Å². The minimum atomic E-state index is -1.09. The van der Waals surface area contributed by atoms with Gasteiger partial charge in [-0.2, -0.15) is 5.10 Å². The number of nitrogens with zero attached hydrogens (tertiary/aromatic N) is 3. The lowest BCUT2D eigenvalue weighted by Crippen LogP contribution is -2.30. The lowest BCUT2D eigenvalue weighted by molar-refractivity contribution is -0.136. The summed E-state index contributed by atoms with van der Waals surface area (Å²) in [4.78, 5) is 27.0. The van der Waals surface area contributed by atoms with Crippen LogP contribution in [0.25, 0.3) is 22.7 Å². The predicted octanol–water partition coefficient (Wildman–Crippen LogP) is 1.15. The summed E-state index contributed by atoms with van der Waals surface area (Å²) < 4.78 is 14.7. The quantitative estimate of drug-likeness (QED) is 0.744. The number of rotatable bonds is 4. The molecule has 0 spiro atoms. The third-order valence-corrected chi connectivity index (χ3v) is 3.50. The van der Waals surface area contributed by atoms with E-state index in [9.17, 15) is 19.1 Å². The van der Waals surface area contributed by atoms with Crippen LogP contribution in [0, 0.1) is 5.82 Å². The Morgan fingerprint density at radius 2 is 2.00 bits per heavy atom. The number of halogens is 1. The van der Waals surface area contributed by atoms with Crippen LogP contribution in [0.4, 0.5) is 4.39 Å². The molecule has 2 aromatic heterocycles. The van der Waals surface area contributed by atoms with E-state index in [1.807, 2.05) is 0 Å². The lowest BCUT2D eigenvalue weighted by atomic mass is 10.1. The van der Waals surface area contributed by atoms with E-state index in [1.54, 1.807) is 6.07 Å². The summed E-state index contributed by atoms with van der Waals surface area (Å²) in [5.74, 6) is -1.93. The number of carboxylic acids is 1. The van der Waals surface area contributed by atoms with Crippen LogP contribution in [-0.4, -0.2) is 30.8 Å². The predicted molar refractivity (Wildman–Crippen MR) is 82.8 cm³/mol. The molecule has 0 bridgehead atoms. The van der Waals surface area contributed by atoms with Crippen molar-refractivity contribution in [3.05, 3.63) is 57.9 Å². The van der Waals surface area contributed by atoms with Gasteiger partial charge in [-0.25, -0.2) is 13.9 Å². The van der Waals surface area contributed by atoms with Crippen molar-refractivity contribution in [3.63, 3.8) is 0 Å². The van der Waals surface area contributed by atoms with E-state index < -0.39 is 17.2 Å². The number of aliphatic hydroxyl groups excluding tert-OH is 1. The standard InChI is InChI=1S/C16H12FN3O4/c17-10-3-1-2-9(6-10)11-7-13(22)15(12(21)4-5-14(23)24)16-18-8-19-20(11)16/h1-3,6-8,21H,4-5H2,(H,23,24)/b15-12-. The molecule has 0 fully saturated rings. The molecule has 7 nitrogen and oxygen atoms in total. The summed E-state index contributed by atoms with van der Waals surface area (Å²) in [7, 11) is 0. The third-order valence-electron chi connectivity index (χ3n) is 3.50. The molecule has 8 heteroatoms. The highest BCUT2D eigenvalue weighted by atomic mass is 19.1. The number of hydrogen-bond acceptors (Lipinski definition) is 5. The van der Waals surface area contributed by atoms with Crippen molar-refractivity contribution in [1.29, 1.82) is 0 Å². The molecule has 1 aromatic carbocycles. The van der Waals surface area contributed by atoms with Gasteiger partial charge in [-0.15, -0.1) is 0 Å². The second-order valence-corrected chi connectivity index (χ2v) is 5.12. The lowest BCUT2D eigenvalue weighted by Gasteiger charge is -2.05. The Balaban J connectivity index is 2.26. The molecule has 2 heterocycles. The Morgan fingerprint density at radius 1 is 1.21 bits per heavy atom. The van der Waals surface area contributed by atoms with E-state index in [4.69, 9.17) is 5.11 Å². The molecule has 0 aliphatic heterocycles. The Hall–Kier alpha value is -3.29. The number of aliphatic carboxylic acids is 1. The van der Waals surface area contributed by atoms with Gasteiger partial charge < -0.3 is 10.2 Å². The maximum Gasteiger partial charge on any atom is 0.303 e. The average Bonchev–Trinajstić information content (AvgIpc) is 3.01. The van der Waals surface area contributed by atoms with Crippen molar-refractivity contribution in [2.75, 3.05) is 0 Å². The van der Waals surface area contributed by atoms with Gasteiger partial charge in [-0.05, 0) is 12.1 Å². The molecule has 2 N–H and O–H groups in total. The number of carbonyl (C=O) groups is 1. The van der Waals surface area contributed by atoms with Crippen LogP contribution in [-0.2, 0) is 4.79 Å². The number of pyridine rings is 1. The summed E-state index contributed by atoms with van der Waals surface area (Å²) in [6, 6.07) is 6.86. The first kappa shape index (κ1) is 15.6. The largest absolute Gasteiger partial charge is 0.511 e. The Bertz CT molecular complexity index is 1050. The zero-order chi connectivity index (χ0) is 17.3. The highest BCUT2D eigenvalue weighted by molar-refractivity contribution is 5.69. The van der Waals surface area contributed by atoms with Crippen molar-refractivity contribution < 1.29 is 19.4 Å². The highest BCUT2D eigenvalue weighted by Crippen LogP contribution is 2.18. The molecule has 0 atom stereocenters. The van der Waals surface area contributed by atoms with Crippen molar-refractivity contribution >= 4 is 17.4 Å². The summed E-state index contributed by atoms with van der Waals surface area (Å²) in [6.07, 6.45) is 0.676. The highest BCUT2D eigenvalue weighted by Gasteiger charge is 2.14. The molecular formula is C16H12FN3O4. The Labute approximate surface area is 134 Å². The maximum absolute atomic E-state index is 13.4. The van der Waals surface area contributed by atoms with Gasteiger partial charge in [0.25, 0.3) is 0 Å². The van der Waals surface area contributed by atoms with Gasteiger partial charge in [-0.1, -0.05) is 12.1 Å². The molecule has 0 aliphatic carbocycles. The summed E-state index contributed by atoms with van der Waals surface area (Å²) >= 11 is 0. The number of fused-ring (bicyclic) bond motifs is 1. The molecule has 0 aliphatic rings. The monoisotopic (exact) mass is 329 g/mol. The number of benzene rings is 1. The normalized spacial score (nSPS) is 12.4. The SMILES string of the molecule is O=C(O)CC/C(O)=c1\c(=O)cc(-c2cccc(F)c2)n2ncnc12. The second kappa shape index (κ2) is 6.07. The fraction of sp³-hybridized carbons (Fsp3) is 0.125. The first-order chi connectivity index (χ1) is 11.5. The van der Waals surface area contributed by atoms with Crippen LogP contribution in [0.2, 0.25) is 0 Å². The van der Waals surface area contributed by atoms with Crippen LogP contribution in [0.5, 0.6) is 0 Å². The van der Waals surface area contributed by atoms with Crippen LogP contribution in [0.3, 0.4) is 0 Å². The van der Waals surface area contributed by atoms with Crippen molar-refractivity contribution in [1.82, 2.24) is 14.6 Å². The summed E-state index contributed by atoms with van der Waals surface area (Å²) in [6.45, 7) is 0. The van der Waals surface area contributed by atoms with Gasteiger partial charge in [0.15, 0.2) is 11.1 Å². The summed E-state index contributed by atoms with van der Waals surface area (Å²) in [5, 5.41) is 22.7. The Kier molecular flexibility index (Phi) is 3.95. The van der Waals surface area contributed by atoms with Gasteiger partial charge >= 0.3 is 5.97 Å². The van der Waals surface area contributed by atoms with E-state index >= 15 is 0 Å². The van der Waals surface area contributed by atoms with Crippen molar-refractivity contribution in [2.24, 2.45) is 0 Å². The third kappa shape index (κ3) is 2.81. The molecule has 0 saturated carbocycles. The zero-order valence-electron chi connectivity index (χ0n) is 12.3. The summed E-state index contributed by atoms with van der Waals surface area (Å²) in [5.41, 5.74) is 0.295. The topological polar surface area (TPSA) is 105 Å². The van der Waals surface area contributed by atoms with Crippen molar-refractivity contribution in [2.45, 2.75) is 12.8 Å². The zero-order valence-corrected chi connectivity index (χ0v) is 12.3. The molecule has 3 aromatic rings. The molecule has 122 valence electrons. The molecule has 0 amide bonds. The smallest absolute Gasteiger partial charge is 0.303 e. The number of aromatic nitrogens is 3. The second-order valence-electron chi connectivity index (χ2n) is 5.12. The Morgan fingerprint density at radius 3 is 2.71 bits per heavy atom. The number of carboxylic acid groups (broad SMARTS) is 1.